The van der Waals surface area contributed by atoms with Crippen molar-refractivity contribution in [2.75, 3.05) is 108 Å². The van der Waals surface area contributed by atoms with Gasteiger partial charge in [0.2, 0.25) is 29.6 Å². The molecule has 5 N–H and O–H groups in total. The Kier molecular flexibility index (Phi) is 19.7. The van der Waals surface area contributed by atoms with E-state index in [9.17, 15) is 28.8 Å². The van der Waals surface area contributed by atoms with Crippen LogP contribution in [0.3, 0.4) is 0 Å². The van der Waals surface area contributed by atoms with Crippen molar-refractivity contribution < 1.29 is 43.1 Å². The number of carbonyl (C=O) groups excluding carboxylic acids is 4. The van der Waals surface area contributed by atoms with Gasteiger partial charge >= 0.3 is 0 Å². The summed E-state index contributed by atoms with van der Waals surface area (Å²) in [5, 5.41) is 23.8. The molecule has 3 saturated heterocycles. The maximum Gasteiger partial charge on any atom is 0.248 e. The number of halogens is 1. The van der Waals surface area contributed by atoms with Gasteiger partial charge in [-0.15, -0.1) is 11.3 Å². The molecule has 8 rings (SSSR count). The SMILES string of the molecule is COc1cc(N2CCC(N3CCN(C(=O)COCCOCC(=O)NC(C(=O)N4C[C@H](O)C[C@H]4C(=O)NCc4ccc(-c5scnc5C)cc4)C(C)(C)C)CC3)CC2)ccc1Nc1ncc(Cl)c(Nc2ccccc2P(C)(C)=O)n1. The number of piperazine rings is 1. The van der Waals surface area contributed by atoms with Crippen LogP contribution in [0.15, 0.2) is 78.4 Å². The first-order valence-corrected chi connectivity index (χ1v) is 30.5. The molecule has 23 heteroatoms. The van der Waals surface area contributed by atoms with E-state index in [2.05, 4.69) is 52.1 Å². The summed E-state index contributed by atoms with van der Waals surface area (Å²) in [6, 6.07) is 19.7. The number of rotatable bonds is 21. The molecular weight excluding hydrogens is 1070 g/mol. The molecule has 3 aliphatic heterocycles. The second-order valence-electron chi connectivity index (χ2n) is 21.6. The quantitative estimate of drug-likeness (QED) is 0.0403. The minimum atomic E-state index is -2.58. The summed E-state index contributed by atoms with van der Waals surface area (Å²) in [7, 11) is -0.951. The van der Waals surface area contributed by atoms with Crippen LogP contribution in [0.25, 0.3) is 10.4 Å². The van der Waals surface area contributed by atoms with Crippen LogP contribution in [0, 0.1) is 12.3 Å². The van der Waals surface area contributed by atoms with E-state index in [1.165, 1.54) is 11.1 Å². The fourth-order valence-electron chi connectivity index (χ4n) is 10.1. The molecule has 0 spiro atoms. The lowest BCUT2D eigenvalue weighted by Gasteiger charge is -2.43. The van der Waals surface area contributed by atoms with E-state index in [1.54, 1.807) is 31.8 Å². The molecule has 3 aliphatic rings. The number of thiazole rings is 1. The standard InChI is InChI=1S/C56H73ClN11O9PS/c1-36-50(79-35-60-36)38-14-12-37(13-15-38)30-58-53(72)45-29-41(69)32-68(45)54(73)51(56(2,3)4)63-48(70)33-76-26-27-77-34-49(71)67-24-22-66(23-25-67)39-18-20-65(21-19-39)40-16-17-43(46(28-40)75-5)62-55-59-31-42(57)52(64-55)61-44-10-8-9-11-47(44)78(6,7)74/h8-17,28,31,35,39,41,45,51,69H,18-27,29-30,32-34H2,1-7H3,(H,58,72)(H,63,70)(H2,59,61,62,64)/t41-,45+,51?/m1/s1. The van der Waals surface area contributed by atoms with Crippen molar-refractivity contribution in [3.63, 3.8) is 0 Å². The minimum absolute atomic E-state index is 0.0351. The average Bonchev–Trinajstić information content (AvgIpc) is 4.19. The molecule has 424 valence electrons. The van der Waals surface area contributed by atoms with E-state index in [0.29, 0.717) is 58.3 Å². The summed E-state index contributed by atoms with van der Waals surface area (Å²) >= 11 is 8.06. The summed E-state index contributed by atoms with van der Waals surface area (Å²) in [5.41, 5.74) is 6.35. The number of nitrogens with zero attached hydrogens (tertiary/aromatic N) is 7. The Morgan fingerprint density at radius 3 is 2.28 bits per heavy atom. The first kappa shape index (κ1) is 58.9. The minimum Gasteiger partial charge on any atom is -0.494 e. The van der Waals surface area contributed by atoms with E-state index in [1.807, 2.05) is 98.8 Å². The van der Waals surface area contributed by atoms with Crippen molar-refractivity contribution in [1.82, 2.24) is 40.3 Å². The number of β-amino-alcohol motifs (C(OH)–C–C–N with tert-alkyl or cyclic N) is 1. The number of benzene rings is 3. The predicted molar refractivity (Wildman–Crippen MR) is 309 cm³/mol. The van der Waals surface area contributed by atoms with Gasteiger partial charge in [-0.1, -0.05) is 68.8 Å². The zero-order valence-corrected chi connectivity index (χ0v) is 48.5. The first-order chi connectivity index (χ1) is 37.7. The zero-order valence-electron chi connectivity index (χ0n) is 46.0. The maximum absolute atomic E-state index is 14.0. The lowest BCUT2D eigenvalue weighted by Crippen LogP contribution is -2.58. The number of ether oxygens (including phenoxy) is 3. The molecule has 0 saturated carbocycles. The largest absolute Gasteiger partial charge is 0.494 e. The number of hydrogen-bond donors (Lipinski definition) is 5. The van der Waals surface area contributed by atoms with Crippen molar-refractivity contribution in [2.45, 2.75) is 77.7 Å². The van der Waals surface area contributed by atoms with E-state index in [-0.39, 0.29) is 57.8 Å². The Bertz CT molecular complexity index is 2980. The van der Waals surface area contributed by atoms with E-state index >= 15 is 0 Å². The highest BCUT2D eigenvalue weighted by atomic mass is 35.5. The number of likely N-dealkylation sites (tertiary alicyclic amines) is 1. The number of hydrogen-bond acceptors (Lipinski definition) is 17. The average molecular weight is 1140 g/mol. The predicted octanol–water partition coefficient (Wildman–Crippen LogP) is 6.26. The van der Waals surface area contributed by atoms with Crippen LogP contribution in [0.1, 0.15) is 51.3 Å². The zero-order chi connectivity index (χ0) is 56.4. The van der Waals surface area contributed by atoms with Gasteiger partial charge in [0.05, 0.1) is 60.1 Å². The maximum atomic E-state index is 14.0. The van der Waals surface area contributed by atoms with Crippen molar-refractivity contribution >= 4 is 87.8 Å². The molecule has 2 aromatic heterocycles. The number of amides is 4. The summed E-state index contributed by atoms with van der Waals surface area (Å²) in [4.78, 5) is 76.2. The molecule has 0 radical (unpaired) electrons. The monoisotopic (exact) mass is 1140 g/mol. The van der Waals surface area contributed by atoms with Gasteiger partial charge in [-0.3, -0.25) is 24.1 Å². The number of carbonyl (C=O) groups is 4. The Morgan fingerprint density at radius 2 is 1.61 bits per heavy atom. The summed E-state index contributed by atoms with van der Waals surface area (Å²) in [6.07, 6.45) is 2.65. The summed E-state index contributed by atoms with van der Waals surface area (Å²) < 4.78 is 30.0. The molecule has 3 aromatic carbocycles. The third kappa shape index (κ3) is 15.4. The molecule has 5 heterocycles. The Balaban J connectivity index is 0.718. The number of piperidine rings is 1. The highest BCUT2D eigenvalue weighted by Crippen LogP contribution is 2.39. The molecule has 3 fully saturated rings. The van der Waals surface area contributed by atoms with Crippen molar-refractivity contribution in [3.8, 4) is 16.2 Å². The molecule has 0 aliphatic carbocycles. The van der Waals surface area contributed by atoms with Crippen LogP contribution in [-0.4, -0.2) is 175 Å². The second-order valence-corrected chi connectivity index (χ2v) is 26.0. The Labute approximate surface area is 471 Å². The van der Waals surface area contributed by atoms with Crippen molar-refractivity contribution in [3.05, 3.63) is 94.7 Å². The Hall–Kier alpha value is -6.19. The number of aliphatic hydroxyl groups excluding tert-OH is 1. The normalized spacial score (nSPS) is 17.8. The molecule has 5 aromatic rings. The molecule has 1 unspecified atom stereocenters. The number of nitrogens with one attached hydrogen (secondary N) is 4. The summed E-state index contributed by atoms with van der Waals surface area (Å²) in [5.74, 6) is -0.151. The number of para-hydroxylation sites is 1. The molecule has 20 nitrogen and oxygen atoms in total. The van der Waals surface area contributed by atoms with Gasteiger partial charge in [0.1, 0.15) is 43.2 Å². The highest BCUT2D eigenvalue weighted by Gasteiger charge is 2.44. The van der Waals surface area contributed by atoms with Crippen molar-refractivity contribution in [1.29, 1.82) is 0 Å². The smallest absolute Gasteiger partial charge is 0.248 e. The van der Waals surface area contributed by atoms with Crippen LogP contribution in [0.5, 0.6) is 5.75 Å². The van der Waals surface area contributed by atoms with Gasteiger partial charge in [-0.25, -0.2) is 9.97 Å². The molecule has 4 amide bonds. The van der Waals surface area contributed by atoms with E-state index in [0.717, 1.165) is 66.4 Å². The van der Waals surface area contributed by atoms with Crippen LogP contribution in [-0.2, 0) is 39.8 Å². The van der Waals surface area contributed by atoms with E-state index < -0.39 is 42.6 Å². The number of methoxy groups -OCH3 is 1. The third-order valence-electron chi connectivity index (χ3n) is 14.5. The molecular formula is C56H73ClN11O9PS. The first-order valence-electron chi connectivity index (χ1n) is 26.6. The highest BCUT2D eigenvalue weighted by molar-refractivity contribution is 7.70. The molecule has 79 heavy (non-hydrogen) atoms. The van der Waals surface area contributed by atoms with Crippen LogP contribution in [0.4, 0.5) is 28.8 Å². The van der Waals surface area contributed by atoms with Crippen molar-refractivity contribution in [2.24, 2.45) is 5.41 Å². The number of anilines is 5. The number of aromatic nitrogens is 3. The van der Waals surface area contributed by atoms with Gasteiger partial charge in [-0.2, -0.15) is 4.98 Å². The lowest BCUT2D eigenvalue weighted by molar-refractivity contribution is -0.144. The molecule has 0 bridgehead atoms. The van der Waals surface area contributed by atoms with Gasteiger partial charge in [0.25, 0.3) is 0 Å². The van der Waals surface area contributed by atoms with Gasteiger partial charge in [0.15, 0.2) is 5.82 Å². The lowest BCUT2D eigenvalue weighted by atomic mass is 9.85. The van der Waals surface area contributed by atoms with Crippen LogP contribution < -0.4 is 36.2 Å². The van der Waals surface area contributed by atoms with E-state index in [4.69, 9.17) is 25.8 Å². The third-order valence-corrected chi connectivity index (χ3v) is 17.3. The number of aliphatic hydroxyl groups is 1. The summed E-state index contributed by atoms with van der Waals surface area (Å²) in [6.45, 7) is 15.3. The van der Waals surface area contributed by atoms with Gasteiger partial charge < -0.3 is 59.8 Å². The van der Waals surface area contributed by atoms with Crippen LogP contribution in [0.2, 0.25) is 5.02 Å². The fraction of sp³-hybridized carbons (Fsp3) is 0.482. The van der Waals surface area contributed by atoms with Gasteiger partial charge in [-0.05, 0) is 73.9 Å². The topological polar surface area (TPSA) is 233 Å². The number of aryl methyl sites for hydroxylation is 1. The fourth-order valence-corrected chi connectivity index (χ4v) is 12.2. The second kappa shape index (κ2) is 26.4. The van der Waals surface area contributed by atoms with Crippen LogP contribution >= 0.6 is 30.1 Å². The Morgan fingerprint density at radius 1 is 0.899 bits per heavy atom. The molecule has 3 atom stereocenters. The van der Waals surface area contributed by atoms with Gasteiger partial charge in [0, 0.05) is 81.9 Å².